The van der Waals surface area contributed by atoms with E-state index in [1.807, 2.05) is 54.6 Å². The number of carbonyl (C=O) groups excluding carboxylic acids is 1. The minimum absolute atomic E-state index is 0.200. The van der Waals surface area contributed by atoms with Gasteiger partial charge in [0.05, 0.1) is 23.5 Å². The Morgan fingerprint density at radius 1 is 1.09 bits per heavy atom. The predicted octanol–water partition coefficient (Wildman–Crippen LogP) is 6.73. The molecule has 0 fully saturated rings. The van der Waals surface area contributed by atoms with E-state index in [4.69, 9.17) is 32.7 Å². The number of hydrogen-bond donors (Lipinski definition) is 1. The lowest BCUT2D eigenvalue weighted by atomic mass is 10.2. The van der Waals surface area contributed by atoms with Crippen molar-refractivity contribution < 1.29 is 14.3 Å². The third kappa shape index (κ3) is 7.67. The van der Waals surface area contributed by atoms with E-state index < -0.39 is 0 Å². The number of rotatable bonds is 10. The van der Waals surface area contributed by atoms with Gasteiger partial charge in [0.2, 0.25) is 5.91 Å². The number of methoxy groups -OCH3 is 1. The van der Waals surface area contributed by atoms with E-state index in [1.165, 1.54) is 11.8 Å². The lowest BCUT2D eigenvalue weighted by Gasteiger charge is -2.14. The summed E-state index contributed by atoms with van der Waals surface area (Å²) < 4.78 is 12.1. The van der Waals surface area contributed by atoms with Gasteiger partial charge in [0, 0.05) is 21.4 Å². The van der Waals surface area contributed by atoms with Crippen molar-refractivity contribution in [1.82, 2.24) is 5.43 Å². The van der Waals surface area contributed by atoms with Gasteiger partial charge in [0.25, 0.3) is 0 Å². The molecule has 9 heteroatoms. The first-order valence-corrected chi connectivity index (χ1v) is 12.5. The summed E-state index contributed by atoms with van der Waals surface area (Å²) in [6, 6.07) is 18.7. The molecule has 5 nitrogen and oxygen atoms in total. The maximum atomic E-state index is 12.1. The summed E-state index contributed by atoms with van der Waals surface area (Å²) in [6.07, 6.45) is 1.54. The number of benzene rings is 3. The van der Waals surface area contributed by atoms with Crippen LogP contribution in [0.4, 0.5) is 0 Å². The molecular weight excluding hydrogens is 547 g/mol. The number of ether oxygens (including phenoxy) is 2. The Hall–Kier alpha value is -2.19. The van der Waals surface area contributed by atoms with Crippen molar-refractivity contribution in [3.63, 3.8) is 0 Å². The van der Waals surface area contributed by atoms with Gasteiger partial charge in [-0.25, -0.2) is 5.43 Å². The van der Waals surface area contributed by atoms with Gasteiger partial charge < -0.3 is 9.47 Å². The van der Waals surface area contributed by atoms with Gasteiger partial charge in [-0.05, 0) is 51.3 Å². The van der Waals surface area contributed by atoms with Crippen molar-refractivity contribution in [1.29, 1.82) is 0 Å². The first kappa shape index (κ1) is 25.4. The maximum absolute atomic E-state index is 12.1. The smallest absolute Gasteiger partial charge is 0.250 e. The summed E-state index contributed by atoms with van der Waals surface area (Å²) in [4.78, 5) is 12.1. The number of halogens is 3. The van der Waals surface area contributed by atoms with Gasteiger partial charge in [-0.15, -0.1) is 11.8 Å². The summed E-state index contributed by atoms with van der Waals surface area (Å²) in [5, 5.41) is 5.37. The summed E-state index contributed by atoms with van der Waals surface area (Å²) in [7, 11) is 1.56. The number of hydrazone groups is 1. The molecule has 0 saturated heterocycles. The number of nitrogens with zero attached hydrogens (tertiary/aromatic N) is 1. The average molecular weight is 568 g/mol. The Balaban J connectivity index is 1.54. The second-order valence-corrected chi connectivity index (χ2v) is 9.45. The molecule has 0 bridgehead atoms. The highest BCUT2D eigenvalue weighted by atomic mass is 79.9. The molecule has 0 saturated carbocycles. The molecule has 0 aliphatic heterocycles. The molecular formula is C24H21BrCl2N2O3S. The van der Waals surface area contributed by atoms with E-state index in [9.17, 15) is 4.79 Å². The highest BCUT2D eigenvalue weighted by Gasteiger charge is 2.12. The van der Waals surface area contributed by atoms with E-state index in [1.54, 1.807) is 19.4 Å². The van der Waals surface area contributed by atoms with E-state index >= 15 is 0 Å². The molecule has 3 rings (SSSR count). The molecule has 0 aliphatic rings. The molecule has 0 aliphatic carbocycles. The molecule has 0 radical (unpaired) electrons. The summed E-state index contributed by atoms with van der Waals surface area (Å²) in [5.41, 5.74) is 5.12. The van der Waals surface area contributed by atoms with Crippen molar-refractivity contribution in [2.24, 2.45) is 5.10 Å². The number of nitrogens with one attached hydrogen (secondary N) is 1. The molecule has 172 valence electrons. The SMILES string of the molecule is COc1cc(/C=N\NC(=O)CSCc2ccccc2Cl)cc(Br)c1OCc1ccccc1Cl. The third-order valence-corrected chi connectivity index (χ3v) is 6.74. The van der Waals surface area contributed by atoms with Crippen LogP contribution in [-0.2, 0) is 17.2 Å². The molecule has 0 unspecified atom stereocenters. The Bertz CT molecular complexity index is 1140. The number of thioether (sulfide) groups is 1. The predicted molar refractivity (Wildman–Crippen MR) is 140 cm³/mol. The van der Waals surface area contributed by atoms with Gasteiger partial charge in [-0.2, -0.15) is 5.10 Å². The van der Waals surface area contributed by atoms with Crippen LogP contribution in [0.1, 0.15) is 16.7 Å². The second kappa shape index (κ2) is 12.9. The number of carbonyl (C=O) groups is 1. The van der Waals surface area contributed by atoms with E-state index in [2.05, 4.69) is 26.5 Å². The van der Waals surface area contributed by atoms with Crippen molar-refractivity contribution in [2.75, 3.05) is 12.9 Å². The first-order chi connectivity index (χ1) is 16.0. The topological polar surface area (TPSA) is 59.9 Å². The zero-order valence-corrected chi connectivity index (χ0v) is 21.6. The van der Waals surface area contributed by atoms with Gasteiger partial charge >= 0.3 is 0 Å². The van der Waals surface area contributed by atoms with Crippen LogP contribution in [0.3, 0.4) is 0 Å². The zero-order valence-electron chi connectivity index (χ0n) is 17.7. The van der Waals surface area contributed by atoms with Crippen LogP contribution in [-0.4, -0.2) is 25.0 Å². The monoisotopic (exact) mass is 566 g/mol. The lowest BCUT2D eigenvalue weighted by Crippen LogP contribution is -2.19. The van der Waals surface area contributed by atoms with Crippen LogP contribution >= 0.6 is 50.9 Å². The first-order valence-electron chi connectivity index (χ1n) is 9.84. The molecule has 3 aromatic carbocycles. The number of hydrogen-bond acceptors (Lipinski definition) is 5. The van der Waals surface area contributed by atoms with Crippen LogP contribution < -0.4 is 14.9 Å². The fourth-order valence-electron chi connectivity index (χ4n) is 2.80. The summed E-state index contributed by atoms with van der Waals surface area (Å²) in [6.45, 7) is 0.296. The largest absolute Gasteiger partial charge is 0.493 e. The van der Waals surface area contributed by atoms with Crippen LogP contribution in [0.15, 0.2) is 70.2 Å². The van der Waals surface area contributed by atoms with E-state index in [0.717, 1.165) is 16.7 Å². The second-order valence-electron chi connectivity index (χ2n) is 6.79. The van der Waals surface area contributed by atoms with Gasteiger partial charge in [-0.3, -0.25) is 4.79 Å². The van der Waals surface area contributed by atoms with Crippen molar-refractivity contribution >= 4 is 63.0 Å². The maximum Gasteiger partial charge on any atom is 0.250 e. The van der Waals surface area contributed by atoms with Gasteiger partial charge in [0.1, 0.15) is 6.61 Å². The van der Waals surface area contributed by atoms with E-state index in [0.29, 0.717) is 38.4 Å². The van der Waals surface area contributed by atoms with E-state index in [-0.39, 0.29) is 11.7 Å². The normalized spacial score (nSPS) is 10.9. The Morgan fingerprint density at radius 3 is 2.42 bits per heavy atom. The quantitative estimate of drug-likeness (QED) is 0.218. The van der Waals surface area contributed by atoms with Crippen molar-refractivity contribution in [2.45, 2.75) is 12.4 Å². The lowest BCUT2D eigenvalue weighted by molar-refractivity contribution is -0.118. The van der Waals surface area contributed by atoms with Crippen LogP contribution in [0, 0.1) is 0 Å². The zero-order chi connectivity index (χ0) is 23.6. The minimum Gasteiger partial charge on any atom is -0.493 e. The fraction of sp³-hybridized carbons (Fsp3) is 0.167. The highest BCUT2D eigenvalue weighted by Crippen LogP contribution is 2.37. The number of amides is 1. The van der Waals surface area contributed by atoms with Crippen molar-refractivity contribution in [3.8, 4) is 11.5 Å². The Labute approximate surface area is 215 Å². The van der Waals surface area contributed by atoms with Crippen LogP contribution in [0.5, 0.6) is 11.5 Å². The molecule has 3 aromatic rings. The molecule has 0 spiro atoms. The minimum atomic E-state index is -0.200. The molecule has 33 heavy (non-hydrogen) atoms. The fourth-order valence-corrected chi connectivity index (χ4v) is 4.67. The van der Waals surface area contributed by atoms with Crippen LogP contribution in [0.25, 0.3) is 0 Å². The van der Waals surface area contributed by atoms with Gasteiger partial charge in [-0.1, -0.05) is 59.6 Å². The van der Waals surface area contributed by atoms with Crippen LogP contribution in [0.2, 0.25) is 10.0 Å². The molecule has 1 amide bonds. The summed E-state index contributed by atoms with van der Waals surface area (Å²) in [5.74, 6) is 1.80. The summed E-state index contributed by atoms with van der Waals surface area (Å²) >= 11 is 17.3. The third-order valence-electron chi connectivity index (χ3n) is 4.43. The molecule has 0 aromatic heterocycles. The Morgan fingerprint density at radius 2 is 1.76 bits per heavy atom. The highest BCUT2D eigenvalue weighted by molar-refractivity contribution is 9.10. The molecule has 1 N–H and O–H groups in total. The standard InChI is InChI=1S/C24H21BrCl2N2O3S/c1-31-22-11-16(10-19(25)24(22)32-13-17-6-2-4-8-20(17)26)12-28-29-23(30)15-33-14-18-7-3-5-9-21(18)27/h2-12H,13-15H2,1H3,(H,29,30)/b28-12-. The van der Waals surface area contributed by atoms with Crippen molar-refractivity contribution in [3.05, 3.63) is 91.9 Å². The van der Waals surface area contributed by atoms with Gasteiger partial charge in [0.15, 0.2) is 11.5 Å². The Kier molecular flexibility index (Phi) is 9.94. The average Bonchev–Trinajstić information content (AvgIpc) is 2.80. The molecule has 0 atom stereocenters. The molecule has 0 heterocycles.